The van der Waals surface area contributed by atoms with E-state index in [1.54, 1.807) is 24.3 Å². The molecule has 1 atom stereocenters. The number of aliphatic hydroxyl groups is 2. The Morgan fingerprint density at radius 1 is 1.42 bits per heavy atom. The van der Waals surface area contributed by atoms with Crippen molar-refractivity contribution in [3.8, 4) is 0 Å². The van der Waals surface area contributed by atoms with Crippen LogP contribution in [0.25, 0.3) is 5.57 Å². The summed E-state index contributed by atoms with van der Waals surface area (Å²) in [5.41, 5.74) is 1.41. The number of nitrogens with zero attached hydrogens (tertiary/aromatic N) is 1. The molecule has 1 aromatic carbocycles. The molecule has 19 heavy (non-hydrogen) atoms. The maximum Gasteiger partial charge on any atom is 0.254 e. The van der Waals surface area contributed by atoms with Gasteiger partial charge in [0.1, 0.15) is 5.82 Å². The van der Waals surface area contributed by atoms with E-state index in [0.717, 1.165) is 5.57 Å². The van der Waals surface area contributed by atoms with Crippen LogP contribution in [0.4, 0.5) is 4.39 Å². The van der Waals surface area contributed by atoms with Gasteiger partial charge in [0.05, 0.1) is 6.61 Å². The second-order valence-corrected chi connectivity index (χ2v) is 4.44. The predicted molar refractivity (Wildman–Crippen MR) is 68.7 cm³/mol. The molecule has 0 aromatic heterocycles. The van der Waals surface area contributed by atoms with Gasteiger partial charge in [-0.05, 0) is 18.1 Å². The van der Waals surface area contributed by atoms with Crippen molar-refractivity contribution in [1.82, 2.24) is 4.90 Å². The van der Waals surface area contributed by atoms with Crippen molar-refractivity contribution in [2.75, 3.05) is 19.7 Å². The summed E-state index contributed by atoms with van der Waals surface area (Å²) in [6.07, 6.45) is 0.942. The van der Waals surface area contributed by atoms with Crippen LogP contribution in [0.2, 0.25) is 0 Å². The second kappa shape index (κ2) is 5.95. The lowest BCUT2D eigenvalue weighted by atomic mass is 9.99. The molecule has 0 unspecified atom stereocenters. The Kier molecular flexibility index (Phi) is 4.29. The van der Waals surface area contributed by atoms with Gasteiger partial charge in [0.15, 0.2) is 6.10 Å². The van der Waals surface area contributed by atoms with E-state index in [9.17, 15) is 14.3 Å². The zero-order valence-corrected chi connectivity index (χ0v) is 10.4. The Morgan fingerprint density at radius 2 is 2.16 bits per heavy atom. The molecule has 0 fully saturated rings. The third kappa shape index (κ3) is 3.00. The summed E-state index contributed by atoms with van der Waals surface area (Å²) in [6.45, 7) is 0.148. The van der Waals surface area contributed by atoms with Crippen LogP contribution in [-0.2, 0) is 4.79 Å². The van der Waals surface area contributed by atoms with E-state index in [1.807, 2.05) is 0 Å². The SMILES string of the molecule is O=C([C@@H](O)CO)N1CC=C(c2ccccc2F)CC1. The first-order valence-electron chi connectivity index (χ1n) is 6.15. The van der Waals surface area contributed by atoms with Gasteiger partial charge in [0, 0.05) is 18.7 Å². The third-order valence-electron chi connectivity index (χ3n) is 3.20. The molecule has 1 aromatic rings. The van der Waals surface area contributed by atoms with E-state index in [4.69, 9.17) is 5.11 Å². The number of hydrogen-bond donors (Lipinski definition) is 2. The minimum absolute atomic E-state index is 0.274. The molecule has 102 valence electrons. The Bertz CT molecular complexity index is 501. The molecule has 1 amide bonds. The van der Waals surface area contributed by atoms with Crippen LogP contribution in [0.5, 0.6) is 0 Å². The molecule has 0 saturated carbocycles. The summed E-state index contributed by atoms with van der Waals surface area (Å²) in [5, 5.41) is 18.0. The summed E-state index contributed by atoms with van der Waals surface area (Å²) in [5.74, 6) is -0.768. The fourth-order valence-corrected chi connectivity index (χ4v) is 2.12. The summed E-state index contributed by atoms with van der Waals surface area (Å²) < 4.78 is 13.6. The average molecular weight is 265 g/mol. The molecule has 5 heteroatoms. The van der Waals surface area contributed by atoms with Crippen molar-refractivity contribution in [1.29, 1.82) is 0 Å². The van der Waals surface area contributed by atoms with Crippen LogP contribution in [0.1, 0.15) is 12.0 Å². The fourth-order valence-electron chi connectivity index (χ4n) is 2.12. The van der Waals surface area contributed by atoms with Gasteiger partial charge in [0.25, 0.3) is 5.91 Å². The normalized spacial score (nSPS) is 17.0. The highest BCUT2D eigenvalue weighted by Gasteiger charge is 2.23. The summed E-state index contributed by atoms with van der Waals surface area (Å²) in [7, 11) is 0. The van der Waals surface area contributed by atoms with Crippen molar-refractivity contribution >= 4 is 11.5 Å². The summed E-state index contributed by atoms with van der Waals surface area (Å²) in [4.78, 5) is 13.1. The van der Waals surface area contributed by atoms with Crippen LogP contribution < -0.4 is 0 Å². The first kappa shape index (κ1) is 13.7. The van der Waals surface area contributed by atoms with Gasteiger partial charge in [-0.15, -0.1) is 0 Å². The number of carbonyl (C=O) groups excluding carboxylic acids is 1. The van der Waals surface area contributed by atoms with E-state index in [-0.39, 0.29) is 5.82 Å². The maximum absolute atomic E-state index is 13.6. The van der Waals surface area contributed by atoms with Gasteiger partial charge >= 0.3 is 0 Å². The fraction of sp³-hybridized carbons (Fsp3) is 0.357. The first-order valence-corrected chi connectivity index (χ1v) is 6.15. The molecule has 4 nitrogen and oxygen atoms in total. The highest BCUT2D eigenvalue weighted by molar-refractivity contribution is 5.82. The molecule has 2 rings (SSSR count). The van der Waals surface area contributed by atoms with Crippen LogP contribution in [0.3, 0.4) is 0 Å². The molecular formula is C14H16FNO3. The number of amides is 1. The van der Waals surface area contributed by atoms with Crippen molar-refractivity contribution in [2.24, 2.45) is 0 Å². The lowest BCUT2D eigenvalue weighted by molar-refractivity contribution is -0.141. The van der Waals surface area contributed by atoms with E-state index in [0.29, 0.717) is 25.1 Å². The molecule has 0 spiro atoms. The number of aliphatic hydroxyl groups excluding tert-OH is 2. The molecule has 1 aliphatic rings. The molecule has 1 heterocycles. The average Bonchev–Trinajstić information content (AvgIpc) is 2.46. The monoisotopic (exact) mass is 265 g/mol. The largest absolute Gasteiger partial charge is 0.393 e. The van der Waals surface area contributed by atoms with E-state index in [2.05, 4.69) is 0 Å². The molecule has 0 radical (unpaired) electrons. The van der Waals surface area contributed by atoms with Crippen molar-refractivity contribution in [3.05, 3.63) is 41.7 Å². The molecule has 0 saturated heterocycles. The van der Waals surface area contributed by atoms with Crippen molar-refractivity contribution in [3.63, 3.8) is 0 Å². The Labute approximate surface area is 110 Å². The minimum Gasteiger partial charge on any atom is -0.393 e. The summed E-state index contributed by atoms with van der Waals surface area (Å²) >= 11 is 0. The van der Waals surface area contributed by atoms with Crippen LogP contribution >= 0.6 is 0 Å². The van der Waals surface area contributed by atoms with Crippen molar-refractivity contribution < 1.29 is 19.4 Å². The second-order valence-electron chi connectivity index (χ2n) is 4.44. The zero-order chi connectivity index (χ0) is 13.8. The topological polar surface area (TPSA) is 60.8 Å². The molecular weight excluding hydrogens is 249 g/mol. The Hall–Kier alpha value is -1.72. The quantitative estimate of drug-likeness (QED) is 0.849. The van der Waals surface area contributed by atoms with Gasteiger partial charge in [-0.2, -0.15) is 0 Å². The lowest BCUT2D eigenvalue weighted by Gasteiger charge is -2.28. The number of hydrogen-bond acceptors (Lipinski definition) is 3. The first-order chi connectivity index (χ1) is 9.13. The maximum atomic E-state index is 13.6. The summed E-state index contributed by atoms with van der Waals surface area (Å²) in [6, 6.07) is 6.52. The van der Waals surface area contributed by atoms with E-state index in [1.165, 1.54) is 11.0 Å². The van der Waals surface area contributed by atoms with Gasteiger partial charge in [-0.25, -0.2) is 4.39 Å². The lowest BCUT2D eigenvalue weighted by Crippen LogP contribution is -2.42. The van der Waals surface area contributed by atoms with E-state index < -0.39 is 18.6 Å². The van der Waals surface area contributed by atoms with Crippen molar-refractivity contribution in [2.45, 2.75) is 12.5 Å². The minimum atomic E-state index is -1.37. The van der Waals surface area contributed by atoms with Crippen LogP contribution in [0.15, 0.2) is 30.3 Å². The molecule has 0 bridgehead atoms. The number of benzene rings is 1. The zero-order valence-electron chi connectivity index (χ0n) is 10.4. The highest BCUT2D eigenvalue weighted by Crippen LogP contribution is 2.24. The molecule has 2 N–H and O–H groups in total. The molecule has 0 aliphatic carbocycles. The number of rotatable bonds is 3. The van der Waals surface area contributed by atoms with Gasteiger partial charge in [-0.3, -0.25) is 4.79 Å². The highest BCUT2D eigenvalue weighted by atomic mass is 19.1. The third-order valence-corrected chi connectivity index (χ3v) is 3.20. The molecule has 1 aliphatic heterocycles. The van der Waals surface area contributed by atoms with Gasteiger partial charge in [0.2, 0.25) is 0 Å². The van der Waals surface area contributed by atoms with Crippen LogP contribution in [-0.4, -0.2) is 46.8 Å². The smallest absolute Gasteiger partial charge is 0.254 e. The Balaban J connectivity index is 2.09. The van der Waals surface area contributed by atoms with Crippen LogP contribution in [0, 0.1) is 5.82 Å². The van der Waals surface area contributed by atoms with E-state index >= 15 is 0 Å². The van der Waals surface area contributed by atoms with Gasteiger partial charge < -0.3 is 15.1 Å². The predicted octanol–water partition coefficient (Wildman–Crippen LogP) is 0.795. The standard InChI is InChI=1S/C14H16FNO3/c15-12-4-2-1-3-11(12)10-5-7-16(8-6-10)14(19)13(18)9-17/h1-5,13,17-18H,6-9H2/t13-/m0/s1. The number of halogens is 1. The number of carbonyl (C=O) groups is 1. The van der Waals surface area contributed by atoms with Gasteiger partial charge in [-0.1, -0.05) is 24.3 Å². The Morgan fingerprint density at radius 3 is 2.74 bits per heavy atom.